The summed E-state index contributed by atoms with van der Waals surface area (Å²) in [5.74, 6) is 1.26. The highest BCUT2D eigenvalue weighted by Gasteiger charge is 2.10. The highest BCUT2D eigenvalue weighted by molar-refractivity contribution is 6.32. The Kier molecular flexibility index (Phi) is 5.08. The van der Waals surface area contributed by atoms with Gasteiger partial charge in [0.15, 0.2) is 0 Å². The van der Waals surface area contributed by atoms with E-state index < -0.39 is 0 Å². The van der Waals surface area contributed by atoms with Crippen LogP contribution in [0.3, 0.4) is 0 Å². The van der Waals surface area contributed by atoms with Crippen LogP contribution in [0.25, 0.3) is 0 Å². The second-order valence-corrected chi connectivity index (χ2v) is 5.64. The fourth-order valence-corrected chi connectivity index (χ4v) is 2.10. The number of aliphatic imine (C=N–C) groups is 1. The van der Waals surface area contributed by atoms with Crippen LogP contribution in [0.4, 0.5) is 5.69 Å². The summed E-state index contributed by atoms with van der Waals surface area (Å²) in [6.07, 6.45) is 1.80. The smallest absolute Gasteiger partial charge is 0.217 e. The molecule has 118 valence electrons. The molecule has 0 aliphatic heterocycles. The maximum Gasteiger partial charge on any atom is 0.217 e. The summed E-state index contributed by atoms with van der Waals surface area (Å²) in [6, 6.07) is 5.58. The molecule has 0 amide bonds. The number of aryl methyl sites for hydroxylation is 3. The van der Waals surface area contributed by atoms with Gasteiger partial charge in [0.05, 0.1) is 22.7 Å². The third-order valence-corrected chi connectivity index (χ3v) is 3.61. The van der Waals surface area contributed by atoms with Gasteiger partial charge in [-0.15, -0.1) is 0 Å². The molecule has 0 radical (unpaired) electrons. The first-order valence-corrected chi connectivity index (χ1v) is 7.51. The summed E-state index contributed by atoms with van der Waals surface area (Å²) < 4.78 is 7.53. The molecule has 0 fully saturated rings. The molecule has 1 aromatic carbocycles. The van der Waals surface area contributed by atoms with Gasteiger partial charge >= 0.3 is 0 Å². The van der Waals surface area contributed by atoms with E-state index in [0.717, 1.165) is 23.5 Å². The summed E-state index contributed by atoms with van der Waals surface area (Å²) in [4.78, 5) is 6.45. The van der Waals surface area contributed by atoms with Gasteiger partial charge in [0, 0.05) is 26.7 Å². The van der Waals surface area contributed by atoms with Gasteiger partial charge in [-0.3, -0.25) is 0 Å². The van der Waals surface area contributed by atoms with Crippen molar-refractivity contribution in [3.05, 3.63) is 34.5 Å². The SMILES string of the molecule is CCN(C)/C=N/c1cc(Cl)c(Oc2cc(C)nn2C)cc1C. The molecule has 0 aliphatic rings. The van der Waals surface area contributed by atoms with Gasteiger partial charge in [0.25, 0.3) is 0 Å². The molecule has 22 heavy (non-hydrogen) atoms. The molecule has 0 saturated carbocycles. The molecule has 0 bridgehead atoms. The largest absolute Gasteiger partial charge is 0.438 e. The zero-order valence-corrected chi connectivity index (χ0v) is 14.3. The maximum absolute atomic E-state index is 6.32. The van der Waals surface area contributed by atoms with Crippen molar-refractivity contribution < 1.29 is 4.74 Å². The average Bonchev–Trinajstić information content (AvgIpc) is 2.78. The number of rotatable bonds is 5. The van der Waals surface area contributed by atoms with Gasteiger partial charge in [-0.05, 0) is 38.5 Å². The average molecular weight is 321 g/mol. The number of hydrogen-bond acceptors (Lipinski definition) is 3. The van der Waals surface area contributed by atoms with Gasteiger partial charge < -0.3 is 9.64 Å². The third kappa shape index (κ3) is 3.80. The summed E-state index contributed by atoms with van der Waals surface area (Å²) in [5, 5.41) is 4.78. The predicted molar refractivity (Wildman–Crippen MR) is 90.7 cm³/mol. The number of nitrogens with zero attached hydrogens (tertiary/aromatic N) is 4. The zero-order chi connectivity index (χ0) is 16.3. The highest BCUT2D eigenvalue weighted by Crippen LogP contribution is 2.35. The third-order valence-electron chi connectivity index (χ3n) is 3.32. The number of benzene rings is 1. The Hall–Kier alpha value is -2.01. The summed E-state index contributed by atoms with van der Waals surface area (Å²) >= 11 is 6.32. The minimum Gasteiger partial charge on any atom is -0.438 e. The minimum absolute atomic E-state index is 0.524. The second-order valence-electron chi connectivity index (χ2n) is 5.24. The molecular weight excluding hydrogens is 300 g/mol. The van der Waals surface area contributed by atoms with Crippen molar-refractivity contribution >= 4 is 23.6 Å². The van der Waals surface area contributed by atoms with Crippen LogP contribution in [0.5, 0.6) is 11.6 Å². The first kappa shape index (κ1) is 16.4. The van der Waals surface area contributed by atoms with Gasteiger partial charge in [-0.25, -0.2) is 9.67 Å². The van der Waals surface area contributed by atoms with Gasteiger partial charge in [0.1, 0.15) is 5.75 Å². The quantitative estimate of drug-likeness (QED) is 0.615. The van der Waals surface area contributed by atoms with Crippen molar-refractivity contribution in [1.82, 2.24) is 14.7 Å². The standard InChI is InChI=1S/C16H21ClN4O/c1-6-20(4)10-18-14-9-13(17)15(7-11(14)2)22-16-8-12(3)19-21(16)5/h7-10H,6H2,1-5H3/b18-10+. The molecule has 0 aliphatic carbocycles. The molecule has 0 saturated heterocycles. The van der Waals surface area contributed by atoms with E-state index in [2.05, 4.69) is 17.0 Å². The van der Waals surface area contributed by atoms with Gasteiger partial charge in [0.2, 0.25) is 5.88 Å². The Bertz CT molecular complexity index is 694. The molecule has 0 atom stereocenters. The minimum atomic E-state index is 0.524. The topological polar surface area (TPSA) is 42.6 Å². The highest BCUT2D eigenvalue weighted by atomic mass is 35.5. The monoisotopic (exact) mass is 320 g/mol. The van der Waals surface area contributed by atoms with Crippen molar-refractivity contribution in [2.24, 2.45) is 12.0 Å². The first-order chi connectivity index (χ1) is 10.4. The zero-order valence-electron chi connectivity index (χ0n) is 13.6. The summed E-state index contributed by atoms with van der Waals surface area (Å²) in [5.41, 5.74) is 2.73. The van der Waals surface area contributed by atoms with Crippen LogP contribution in [0, 0.1) is 13.8 Å². The van der Waals surface area contributed by atoms with Crippen molar-refractivity contribution in [3.63, 3.8) is 0 Å². The number of halogens is 1. The van der Waals surface area contributed by atoms with E-state index in [1.54, 1.807) is 11.0 Å². The predicted octanol–water partition coefficient (Wildman–Crippen LogP) is 4.09. The fraction of sp³-hybridized carbons (Fsp3) is 0.375. The number of hydrogen-bond donors (Lipinski definition) is 0. The van der Waals surface area contributed by atoms with Crippen LogP contribution in [0.1, 0.15) is 18.2 Å². The molecule has 2 aromatic rings. The first-order valence-electron chi connectivity index (χ1n) is 7.13. The Morgan fingerprint density at radius 3 is 2.68 bits per heavy atom. The van der Waals surface area contributed by atoms with E-state index in [9.17, 15) is 0 Å². The molecule has 1 heterocycles. The molecular formula is C16H21ClN4O. The lowest BCUT2D eigenvalue weighted by atomic mass is 10.2. The lowest BCUT2D eigenvalue weighted by Crippen LogP contribution is -2.14. The molecule has 2 rings (SSSR count). The number of aromatic nitrogens is 2. The van der Waals surface area contributed by atoms with E-state index >= 15 is 0 Å². The van der Waals surface area contributed by atoms with Crippen LogP contribution in [-0.4, -0.2) is 34.6 Å². The Labute approximate surface area is 136 Å². The Balaban J connectivity index is 2.26. The van der Waals surface area contributed by atoms with Crippen LogP contribution < -0.4 is 4.74 Å². The lowest BCUT2D eigenvalue weighted by Gasteiger charge is -2.11. The molecule has 0 N–H and O–H groups in total. The fourth-order valence-electron chi connectivity index (χ4n) is 1.90. The van der Waals surface area contributed by atoms with Gasteiger partial charge in [-0.1, -0.05) is 11.6 Å². The molecule has 5 nitrogen and oxygen atoms in total. The van der Waals surface area contributed by atoms with E-state index in [1.807, 2.05) is 51.0 Å². The molecule has 0 spiro atoms. The van der Waals surface area contributed by atoms with Crippen molar-refractivity contribution in [2.45, 2.75) is 20.8 Å². The Morgan fingerprint density at radius 2 is 2.09 bits per heavy atom. The number of ether oxygens (including phenoxy) is 1. The van der Waals surface area contributed by atoms with Crippen LogP contribution in [0.2, 0.25) is 5.02 Å². The van der Waals surface area contributed by atoms with E-state index in [0.29, 0.717) is 16.7 Å². The normalized spacial score (nSPS) is 11.2. The van der Waals surface area contributed by atoms with Crippen LogP contribution >= 0.6 is 11.6 Å². The van der Waals surface area contributed by atoms with Crippen molar-refractivity contribution in [1.29, 1.82) is 0 Å². The van der Waals surface area contributed by atoms with E-state index in [-0.39, 0.29) is 0 Å². The second kappa shape index (κ2) is 6.83. The summed E-state index contributed by atoms with van der Waals surface area (Å²) in [7, 11) is 3.81. The Morgan fingerprint density at radius 1 is 1.36 bits per heavy atom. The van der Waals surface area contributed by atoms with Gasteiger partial charge in [-0.2, -0.15) is 5.10 Å². The molecule has 0 unspecified atom stereocenters. The van der Waals surface area contributed by atoms with Crippen LogP contribution in [-0.2, 0) is 7.05 Å². The lowest BCUT2D eigenvalue weighted by molar-refractivity contribution is 0.430. The summed E-state index contributed by atoms with van der Waals surface area (Å²) in [6.45, 7) is 6.87. The van der Waals surface area contributed by atoms with E-state index in [1.165, 1.54) is 0 Å². The maximum atomic E-state index is 6.32. The molecule has 1 aromatic heterocycles. The molecule has 6 heteroatoms. The van der Waals surface area contributed by atoms with Crippen molar-refractivity contribution in [3.8, 4) is 11.6 Å². The van der Waals surface area contributed by atoms with Crippen molar-refractivity contribution in [2.75, 3.05) is 13.6 Å². The van der Waals surface area contributed by atoms with Crippen LogP contribution in [0.15, 0.2) is 23.2 Å². The van der Waals surface area contributed by atoms with E-state index in [4.69, 9.17) is 16.3 Å².